The molecule has 170 valence electrons. The summed E-state index contributed by atoms with van der Waals surface area (Å²) >= 11 is 0. The Hall–Kier alpha value is -2.16. The smallest absolute Gasteiger partial charge is 0.339 e. The van der Waals surface area contributed by atoms with Gasteiger partial charge in [0, 0.05) is 18.5 Å². The van der Waals surface area contributed by atoms with Gasteiger partial charge >= 0.3 is 11.9 Å². The summed E-state index contributed by atoms with van der Waals surface area (Å²) in [6.07, 6.45) is 2.15. The molecule has 0 radical (unpaired) electrons. The van der Waals surface area contributed by atoms with Gasteiger partial charge in [-0.15, -0.1) is 0 Å². The lowest BCUT2D eigenvalue weighted by atomic mass is 9.42. The van der Waals surface area contributed by atoms with Crippen LogP contribution in [0.4, 0.5) is 0 Å². The molecule has 0 heterocycles. The van der Waals surface area contributed by atoms with Gasteiger partial charge in [0.1, 0.15) is 5.60 Å². The lowest BCUT2D eigenvalue weighted by Gasteiger charge is -2.66. The lowest BCUT2D eigenvalue weighted by molar-refractivity contribution is -0.268. The number of likely N-dealkylation sites (N-methyl/N-ethyl adjacent to an activating group) is 1. The van der Waals surface area contributed by atoms with E-state index in [0.29, 0.717) is 19.0 Å². The van der Waals surface area contributed by atoms with Crippen molar-refractivity contribution in [3.63, 3.8) is 0 Å². The number of nitrogens with two attached hydrogens (primary N) is 1. The highest BCUT2D eigenvalue weighted by atomic mass is 16.6. The molecular weight excluding hydrogens is 390 g/mol. The van der Waals surface area contributed by atoms with Crippen LogP contribution in [0.3, 0.4) is 0 Å². The van der Waals surface area contributed by atoms with Crippen LogP contribution in [-0.4, -0.2) is 64.5 Å². The van der Waals surface area contributed by atoms with E-state index in [-0.39, 0.29) is 11.3 Å². The standard InChI is InChI=1S/C21H35N3O6/c1-6-24(7-2)18(28)16(23-17(27)14(22)10-15(25)26)19(29)30-21-11-13(20(21,4)5)9-8-12(21)3/h12-14,16H,6-11,22H2,1-5H3,(H,23,27)(H,25,26)/t12?,13?,14-,16?,21?/m0/s1. The third kappa shape index (κ3) is 4.17. The van der Waals surface area contributed by atoms with Crippen LogP contribution in [0.25, 0.3) is 0 Å². The van der Waals surface area contributed by atoms with E-state index in [1.807, 2.05) is 6.92 Å². The largest absolute Gasteiger partial charge is 0.481 e. The van der Waals surface area contributed by atoms with E-state index in [2.05, 4.69) is 19.2 Å². The summed E-state index contributed by atoms with van der Waals surface area (Å²) in [7, 11) is 0. The zero-order chi connectivity index (χ0) is 22.9. The zero-order valence-corrected chi connectivity index (χ0v) is 18.6. The van der Waals surface area contributed by atoms with Crippen molar-refractivity contribution >= 4 is 23.8 Å². The first-order valence-corrected chi connectivity index (χ1v) is 10.7. The minimum absolute atomic E-state index is 0.135. The van der Waals surface area contributed by atoms with Crippen molar-refractivity contribution in [2.45, 2.75) is 78.0 Å². The van der Waals surface area contributed by atoms with E-state index in [4.69, 9.17) is 15.6 Å². The summed E-state index contributed by atoms with van der Waals surface area (Å²) in [5, 5.41) is 11.2. The molecule has 0 aliphatic heterocycles. The number of fused-ring (bicyclic) bond motifs is 2. The summed E-state index contributed by atoms with van der Waals surface area (Å²) in [6, 6.07) is -2.94. The number of carbonyl (C=O) groups is 4. The topological polar surface area (TPSA) is 139 Å². The molecule has 0 saturated heterocycles. The highest BCUT2D eigenvalue weighted by Gasteiger charge is 2.67. The fourth-order valence-corrected chi connectivity index (χ4v) is 5.06. The number of nitrogens with zero attached hydrogens (tertiary/aromatic N) is 1. The molecule has 3 rings (SSSR count). The number of amides is 2. The van der Waals surface area contributed by atoms with Crippen LogP contribution in [0.15, 0.2) is 0 Å². The van der Waals surface area contributed by atoms with E-state index >= 15 is 0 Å². The van der Waals surface area contributed by atoms with Gasteiger partial charge in [0.05, 0.1) is 12.5 Å². The van der Waals surface area contributed by atoms with Gasteiger partial charge in [-0.05, 0) is 44.9 Å². The minimum atomic E-state index is -1.56. The quantitative estimate of drug-likeness (QED) is 0.368. The monoisotopic (exact) mass is 425 g/mol. The Bertz CT molecular complexity index is 705. The van der Waals surface area contributed by atoms with Gasteiger partial charge in [-0.3, -0.25) is 14.4 Å². The van der Waals surface area contributed by atoms with Crippen molar-refractivity contribution in [1.29, 1.82) is 0 Å². The molecule has 4 unspecified atom stereocenters. The predicted molar refractivity (Wildman–Crippen MR) is 109 cm³/mol. The average Bonchev–Trinajstić information content (AvgIpc) is 2.67. The van der Waals surface area contributed by atoms with Crippen LogP contribution in [0.1, 0.15) is 60.3 Å². The number of nitrogens with one attached hydrogen (secondary N) is 1. The first-order valence-electron chi connectivity index (χ1n) is 10.7. The molecule has 5 atom stereocenters. The number of carboxylic acids is 1. The lowest BCUT2D eigenvalue weighted by Crippen LogP contribution is -2.70. The Morgan fingerprint density at radius 3 is 2.27 bits per heavy atom. The molecular formula is C21H35N3O6. The van der Waals surface area contributed by atoms with Crippen LogP contribution in [-0.2, 0) is 23.9 Å². The van der Waals surface area contributed by atoms with Crippen molar-refractivity contribution < 1.29 is 29.0 Å². The summed E-state index contributed by atoms with van der Waals surface area (Å²) in [5.41, 5.74) is 4.73. The maximum atomic E-state index is 13.2. The predicted octanol–water partition coefficient (Wildman–Crippen LogP) is 0.900. The molecule has 0 aromatic carbocycles. The molecule has 2 amide bonds. The number of ether oxygens (including phenoxy) is 1. The second kappa shape index (κ2) is 8.91. The summed E-state index contributed by atoms with van der Waals surface area (Å²) in [4.78, 5) is 50.8. The second-order valence-corrected chi connectivity index (χ2v) is 9.07. The van der Waals surface area contributed by atoms with E-state index in [1.165, 1.54) is 4.90 Å². The van der Waals surface area contributed by atoms with Gasteiger partial charge in [0.25, 0.3) is 5.91 Å². The highest BCUT2D eigenvalue weighted by molar-refractivity contribution is 6.05. The Morgan fingerprint density at radius 1 is 1.20 bits per heavy atom. The van der Waals surface area contributed by atoms with Crippen LogP contribution in [0.2, 0.25) is 0 Å². The normalized spacial score (nSPS) is 28.5. The third-order valence-corrected chi connectivity index (χ3v) is 7.26. The van der Waals surface area contributed by atoms with Gasteiger partial charge in [-0.2, -0.15) is 0 Å². The van der Waals surface area contributed by atoms with E-state index < -0.39 is 47.9 Å². The number of carbonyl (C=O) groups excluding carboxylic acids is 3. The average molecular weight is 426 g/mol. The zero-order valence-electron chi connectivity index (χ0n) is 18.6. The molecule has 3 saturated carbocycles. The molecule has 3 fully saturated rings. The van der Waals surface area contributed by atoms with Gasteiger partial charge in [0.2, 0.25) is 11.9 Å². The van der Waals surface area contributed by atoms with Gasteiger partial charge in [-0.1, -0.05) is 20.8 Å². The molecule has 3 aliphatic rings. The highest BCUT2D eigenvalue weighted by Crippen LogP contribution is 2.65. The molecule has 2 bridgehead atoms. The van der Waals surface area contributed by atoms with Crippen LogP contribution in [0.5, 0.6) is 0 Å². The van der Waals surface area contributed by atoms with E-state index in [9.17, 15) is 19.2 Å². The van der Waals surface area contributed by atoms with Crippen molar-refractivity contribution in [1.82, 2.24) is 10.2 Å². The maximum absolute atomic E-state index is 13.2. The molecule has 0 spiro atoms. The molecule has 30 heavy (non-hydrogen) atoms. The first-order chi connectivity index (χ1) is 13.9. The summed E-state index contributed by atoms with van der Waals surface area (Å²) in [5.74, 6) is -2.94. The molecule has 9 nitrogen and oxygen atoms in total. The third-order valence-electron chi connectivity index (χ3n) is 7.26. The Balaban J connectivity index is 2.25. The first kappa shape index (κ1) is 24.1. The Labute approximate surface area is 177 Å². The number of esters is 1. The van der Waals surface area contributed by atoms with E-state index in [0.717, 1.165) is 19.3 Å². The van der Waals surface area contributed by atoms with Crippen molar-refractivity contribution in [2.75, 3.05) is 13.1 Å². The van der Waals surface area contributed by atoms with Crippen LogP contribution < -0.4 is 11.1 Å². The number of aliphatic carboxylic acids is 1. The maximum Gasteiger partial charge on any atom is 0.339 e. The van der Waals surface area contributed by atoms with Crippen LogP contribution >= 0.6 is 0 Å². The van der Waals surface area contributed by atoms with Gasteiger partial charge < -0.3 is 25.8 Å². The molecule has 4 N–H and O–H groups in total. The van der Waals surface area contributed by atoms with Gasteiger partial charge in [-0.25, -0.2) is 4.79 Å². The summed E-state index contributed by atoms with van der Waals surface area (Å²) < 4.78 is 6.00. The number of carboxylic acid groups (broad SMARTS) is 1. The Kier molecular flexibility index (Phi) is 7.16. The molecule has 9 heteroatoms. The number of hydrogen-bond donors (Lipinski definition) is 3. The summed E-state index contributed by atoms with van der Waals surface area (Å²) in [6.45, 7) is 10.4. The molecule has 3 aliphatic carbocycles. The van der Waals surface area contributed by atoms with Crippen LogP contribution in [0, 0.1) is 17.3 Å². The number of rotatable bonds is 9. The van der Waals surface area contributed by atoms with Crippen molar-refractivity contribution in [3.05, 3.63) is 0 Å². The fraction of sp³-hybridized carbons (Fsp3) is 0.810. The molecule has 0 aromatic rings. The minimum Gasteiger partial charge on any atom is -0.481 e. The second-order valence-electron chi connectivity index (χ2n) is 9.07. The van der Waals surface area contributed by atoms with Gasteiger partial charge in [0.15, 0.2) is 0 Å². The SMILES string of the molecule is CCN(CC)C(=O)C(NC(=O)[C@@H](N)CC(=O)O)C(=O)OC12CC(CCC1C)C2(C)C. The fourth-order valence-electron chi connectivity index (χ4n) is 5.06. The van der Waals surface area contributed by atoms with Crippen molar-refractivity contribution in [3.8, 4) is 0 Å². The number of hydrogen-bond acceptors (Lipinski definition) is 6. The Morgan fingerprint density at radius 2 is 1.80 bits per heavy atom. The molecule has 0 aromatic heterocycles. The van der Waals surface area contributed by atoms with E-state index in [1.54, 1.807) is 13.8 Å². The van der Waals surface area contributed by atoms with Crippen molar-refractivity contribution in [2.24, 2.45) is 23.0 Å².